The van der Waals surface area contributed by atoms with Crippen LogP contribution in [-0.2, 0) is 9.53 Å². The number of nitrogens with zero attached hydrogens (tertiary/aromatic N) is 1. The molecule has 0 aliphatic carbocycles. The monoisotopic (exact) mass is 491 g/mol. The molecular formula is C18H26IN3O3S. The van der Waals surface area contributed by atoms with E-state index in [1.54, 1.807) is 18.3 Å². The lowest BCUT2D eigenvalue weighted by Crippen LogP contribution is -2.39. The Kier molecular flexibility index (Phi) is 9.89. The standard InChI is InChI=1S/C18H25N3O3S.HI/c1-4-19-18(20-10-12(2)17(23)24-3)21-11-14(22)16-9-13-7-5-6-8-15(13)25-16;/h5-9,12,14,22H,4,10-11H2,1-3H3,(H2,19,20,21);1H. The van der Waals surface area contributed by atoms with Crippen LogP contribution in [0.1, 0.15) is 24.8 Å². The smallest absolute Gasteiger partial charge is 0.310 e. The van der Waals surface area contributed by atoms with Gasteiger partial charge in [0, 0.05) is 22.7 Å². The quantitative estimate of drug-likeness (QED) is 0.240. The van der Waals surface area contributed by atoms with Crippen LogP contribution < -0.4 is 10.6 Å². The molecule has 2 unspecified atom stereocenters. The van der Waals surface area contributed by atoms with Gasteiger partial charge in [-0.25, -0.2) is 0 Å². The Morgan fingerprint density at radius 2 is 2.08 bits per heavy atom. The highest BCUT2D eigenvalue weighted by Crippen LogP contribution is 2.29. The Bertz CT molecular complexity index is 702. The van der Waals surface area contributed by atoms with Crippen LogP contribution in [0.2, 0.25) is 0 Å². The van der Waals surface area contributed by atoms with Gasteiger partial charge in [-0.1, -0.05) is 25.1 Å². The van der Waals surface area contributed by atoms with Gasteiger partial charge in [-0.15, -0.1) is 35.3 Å². The van der Waals surface area contributed by atoms with E-state index in [-0.39, 0.29) is 35.9 Å². The van der Waals surface area contributed by atoms with Crippen LogP contribution in [0.15, 0.2) is 35.3 Å². The van der Waals surface area contributed by atoms with Crippen molar-refractivity contribution >= 4 is 57.3 Å². The molecular weight excluding hydrogens is 465 g/mol. The molecule has 0 saturated carbocycles. The highest BCUT2D eigenvalue weighted by Gasteiger charge is 2.14. The summed E-state index contributed by atoms with van der Waals surface area (Å²) in [7, 11) is 1.37. The number of ether oxygens (including phenoxy) is 1. The Morgan fingerprint density at radius 1 is 1.35 bits per heavy atom. The van der Waals surface area contributed by atoms with Crippen molar-refractivity contribution in [3.05, 3.63) is 35.2 Å². The zero-order chi connectivity index (χ0) is 18.2. The van der Waals surface area contributed by atoms with E-state index in [4.69, 9.17) is 4.74 Å². The van der Waals surface area contributed by atoms with E-state index in [1.165, 1.54) is 7.11 Å². The summed E-state index contributed by atoms with van der Waals surface area (Å²) in [5, 5.41) is 17.8. The molecule has 2 aromatic rings. The molecule has 0 aliphatic heterocycles. The van der Waals surface area contributed by atoms with Gasteiger partial charge in [0.25, 0.3) is 0 Å². The van der Waals surface area contributed by atoms with Gasteiger partial charge in [0.05, 0.1) is 19.6 Å². The fourth-order valence-electron chi connectivity index (χ4n) is 2.31. The number of carbonyl (C=O) groups excluding carboxylic acids is 1. The highest BCUT2D eigenvalue weighted by molar-refractivity contribution is 14.0. The van der Waals surface area contributed by atoms with Crippen LogP contribution in [0, 0.1) is 5.92 Å². The minimum absolute atomic E-state index is 0. The van der Waals surface area contributed by atoms with E-state index >= 15 is 0 Å². The van der Waals surface area contributed by atoms with Crippen molar-refractivity contribution in [1.82, 2.24) is 10.6 Å². The third-order valence-electron chi connectivity index (χ3n) is 3.71. The predicted molar refractivity (Wildman–Crippen MR) is 117 cm³/mol. The second kappa shape index (κ2) is 11.3. The van der Waals surface area contributed by atoms with E-state index in [2.05, 4.69) is 15.6 Å². The number of hydrogen-bond acceptors (Lipinski definition) is 5. The summed E-state index contributed by atoms with van der Waals surface area (Å²) >= 11 is 1.58. The molecule has 2 atom stereocenters. The number of methoxy groups -OCH3 is 1. The van der Waals surface area contributed by atoms with E-state index in [1.807, 2.05) is 37.3 Å². The fourth-order valence-corrected chi connectivity index (χ4v) is 3.36. The van der Waals surface area contributed by atoms with Gasteiger partial charge >= 0.3 is 5.97 Å². The number of hydrogen-bond donors (Lipinski definition) is 3. The molecule has 8 heteroatoms. The molecule has 0 amide bonds. The first-order valence-electron chi connectivity index (χ1n) is 8.31. The Hall–Kier alpha value is -1.39. The van der Waals surface area contributed by atoms with E-state index in [0.29, 0.717) is 25.6 Å². The minimum atomic E-state index is -0.626. The summed E-state index contributed by atoms with van der Waals surface area (Å²) in [6.45, 7) is 5.08. The first kappa shape index (κ1) is 22.7. The summed E-state index contributed by atoms with van der Waals surface area (Å²) in [6, 6.07) is 10.1. The van der Waals surface area contributed by atoms with Crippen molar-refractivity contribution in [2.45, 2.75) is 20.0 Å². The van der Waals surface area contributed by atoms with Crippen molar-refractivity contribution in [3.63, 3.8) is 0 Å². The number of halogens is 1. The second-order valence-electron chi connectivity index (χ2n) is 5.73. The Balaban J connectivity index is 0.00000338. The highest BCUT2D eigenvalue weighted by atomic mass is 127. The topological polar surface area (TPSA) is 83.0 Å². The van der Waals surface area contributed by atoms with Gasteiger partial charge in [0.15, 0.2) is 5.96 Å². The number of fused-ring (bicyclic) bond motifs is 1. The van der Waals surface area contributed by atoms with Crippen LogP contribution >= 0.6 is 35.3 Å². The van der Waals surface area contributed by atoms with Crippen LogP contribution in [0.25, 0.3) is 10.1 Å². The SMILES string of the molecule is CCNC(=NCC(C)C(=O)OC)NCC(O)c1cc2ccccc2s1.I. The second-order valence-corrected chi connectivity index (χ2v) is 6.84. The molecule has 0 spiro atoms. The number of rotatable bonds is 7. The van der Waals surface area contributed by atoms with Crippen molar-refractivity contribution in [2.24, 2.45) is 10.9 Å². The number of esters is 1. The summed E-state index contributed by atoms with van der Waals surface area (Å²) in [4.78, 5) is 16.7. The average molecular weight is 491 g/mol. The van der Waals surface area contributed by atoms with Crippen molar-refractivity contribution in [3.8, 4) is 0 Å². The molecule has 0 bridgehead atoms. The maximum absolute atomic E-state index is 11.4. The van der Waals surface area contributed by atoms with Crippen LogP contribution in [0.5, 0.6) is 0 Å². The number of thiophene rings is 1. The van der Waals surface area contributed by atoms with Gasteiger partial charge in [-0.3, -0.25) is 9.79 Å². The zero-order valence-electron chi connectivity index (χ0n) is 15.2. The molecule has 0 fully saturated rings. The molecule has 1 aromatic carbocycles. The third kappa shape index (κ3) is 6.40. The fraction of sp³-hybridized carbons (Fsp3) is 0.444. The molecule has 0 saturated heterocycles. The molecule has 26 heavy (non-hydrogen) atoms. The summed E-state index contributed by atoms with van der Waals surface area (Å²) in [6.07, 6.45) is -0.626. The summed E-state index contributed by atoms with van der Waals surface area (Å²) < 4.78 is 5.86. The molecule has 2 rings (SSSR count). The number of benzene rings is 1. The third-order valence-corrected chi connectivity index (χ3v) is 4.92. The largest absolute Gasteiger partial charge is 0.469 e. The van der Waals surface area contributed by atoms with Gasteiger partial charge in [-0.2, -0.15) is 0 Å². The maximum atomic E-state index is 11.4. The zero-order valence-corrected chi connectivity index (χ0v) is 18.3. The number of guanidine groups is 1. The van der Waals surface area contributed by atoms with E-state index in [9.17, 15) is 9.90 Å². The lowest BCUT2D eigenvalue weighted by Gasteiger charge is -2.15. The maximum Gasteiger partial charge on any atom is 0.310 e. The molecule has 144 valence electrons. The lowest BCUT2D eigenvalue weighted by atomic mass is 10.2. The van der Waals surface area contributed by atoms with Crippen molar-refractivity contribution in [1.29, 1.82) is 0 Å². The molecule has 0 radical (unpaired) electrons. The molecule has 6 nitrogen and oxygen atoms in total. The molecule has 1 aromatic heterocycles. The number of aliphatic imine (C=N–C) groups is 1. The van der Waals surface area contributed by atoms with Gasteiger partial charge in [0.2, 0.25) is 0 Å². The van der Waals surface area contributed by atoms with E-state index in [0.717, 1.165) is 15.0 Å². The molecule has 3 N–H and O–H groups in total. The normalized spacial score (nSPS) is 13.6. The number of carbonyl (C=O) groups is 1. The Morgan fingerprint density at radius 3 is 2.73 bits per heavy atom. The molecule has 0 aliphatic rings. The van der Waals surface area contributed by atoms with Crippen LogP contribution in [0.4, 0.5) is 0 Å². The van der Waals surface area contributed by atoms with Crippen molar-refractivity contribution in [2.75, 3.05) is 26.7 Å². The Labute approximate surface area is 175 Å². The first-order chi connectivity index (χ1) is 12.0. The van der Waals surface area contributed by atoms with Gasteiger partial charge < -0.3 is 20.5 Å². The van der Waals surface area contributed by atoms with E-state index < -0.39 is 6.10 Å². The lowest BCUT2D eigenvalue weighted by molar-refractivity contribution is -0.144. The van der Waals surface area contributed by atoms with Crippen molar-refractivity contribution < 1.29 is 14.6 Å². The van der Waals surface area contributed by atoms with Gasteiger partial charge in [-0.05, 0) is 24.4 Å². The summed E-state index contributed by atoms with van der Waals surface area (Å²) in [5.41, 5.74) is 0. The van der Waals surface area contributed by atoms with Gasteiger partial charge in [0.1, 0.15) is 6.10 Å². The average Bonchev–Trinajstić information content (AvgIpc) is 3.07. The first-order valence-corrected chi connectivity index (χ1v) is 9.13. The number of aliphatic hydroxyl groups is 1. The predicted octanol–water partition coefficient (Wildman–Crippen LogP) is 2.92. The number of aliphatic hydroxyl groups excluding tert-OH is 1. The van der Waals surface area contributed by atoms with Crippen LogP contribution in [0.3, 0.4) is 0 Å². The summed E-state index contributed by atoms with van der Waals surface area (Å²) in [5.74, 6) is -0.0312. The molecule has 1 heterocycles. The minimum Gasteiger partial charge on any atom is -0.469 e. The number of nitrogens with one attached hydrogen (secondary N) is 2. The van der Waals surface area contributed by atoms with Crippen LogP contribution in [-0.4, -0.2) is 43.8 Å².